The van der Waals surface area contributed by atoms with E-state index in [9.17, 15) is 9.59 Å². The third-order valence-electron chi connectivity index (χ3n) is 3.10. The Bertz CT molecular complexity index is 279. The van der Waals surface area contributed by atoms with Crippen LogP contribution in [0.4, 0.5) is 0 Å². The summed E-state index contributed by atoms with van der Waals surface area (Å²) in [5.41, 5.74) is 0. The van der Waals surface area contributed by atoms with E-state index in [0.717, 1.165) is 13.1 Å². The Kier molecular flexibility index (Phi) is 5.41. The lowest BCUT2D eigenvalue weighted by Crippen LogP contribution is -2.40. The zero-order chi connectivity index (χ0) is 12.8. The molecule has 1 rings (SSSR count). The molecule has 0 saturated carbocycles. The number of hydrogen-bond donors (Lipinski definition) is 3. The van der Waals surface area contributed by atoms with E-state index in [0.29, 0.717) is 19.0 Å². The van der Waals surface area contributed by atoms with E-state index in [1.807, 2.05) is 13.8 Å². The van der Waals surface area contributed by atoms with Crippen LogP contribution in [0.2, 0.25) is 0 Å². The Hall–Kier alpha value is -1.10. The molecule has 1 aliphatic heterocycles. The van der Waals surface area contributed by atoms with Crippen LogP contribution in [0.25, 0.3) is 0 Å². The summed E-state index contributed by atoms with van der Waals surface area (Å²) >= 11 is 0. The summed E-state index contributed by atoms with van der Waals surface area (Å²) in [7, 11) is 0. The van der Waals surface area contributed by atoms with Crippen molar-refractivity contribution >= 4 is 11.8 Å². The Labute approximate surface area is 103 Å². The lowest BCUT2D eigenvalue weighted by atomic mass is 9.97. The highest BCUT2D eigenvalue weighted by Gasteiger charge is 2.28. The lowest BCUT2D eigenvalue weighted by Gasteiger charge is -2.14. The van der Waals surface area contributed by atoms with Crippen molar-refractivity contribution in [2.75, 3.05) is 26.2 Å². The SMILES string of the molecule is CC(C)C(=O)NCCNC(=O)[C@@H]1CNC[C@H]1C. The third-order valence-corrected chi connectivity index (χ3v) is 3.10. The standard InChI is InChI=1S/C12H23N3O2/c1-8(2)11(16)14-4-5-15-12(17)10-7-13-6-9(10)3/h8-10,13H,4-7H2,1-3H3,(H,14,16)(H,15,17)/t9-,10-/m1/s1. The van der Waals surface area contributed by atoms with Gasteiger partial charge in [-0.15, -0.1) is 0 Å². The number of amides is 2. The third kappa shape index (κ3) is 4.34. The normalized spacial score (nSPS) is 23.8. The van der Waals surface area contributed by atoms with Crippen LogP contribution in [0.1, 0.15) is 20.8 Å². The molecule has 0 aliphatic carbocycles. The van der Waals surface area contributed by atoms with Gasteiger partial charge in [0.05, 0.1) is 5.92 Å². The van der Waals surface area contributed by atoms with E-state index in [1.54, 1.807) is 0 Å². The molecule has 1 saturated heterocycles. The minimum absolute atomic E-state index is 0.00949. The van der Waals surface area contributed by atoms with Crippen molar-refractivity contribution in [2.45, 2.75) is 20.8 Å². The van der Waals surface area contributed by atoms with Gasteiger partial charge in [0.25, 0.3) is 0 Å². The fourth-order valence-electron chi connectivity index (χ4n) is 1.87. The van der Waals surface area contributed by atoms with Crippen LogP contribution in [-0.4, -0.2) is 38.0 Å². The van der Waals surface area contributed by atoms with Crippen LogP contribution in [-0.2, 0) is 9.59 Å². The van der Waals surface area contributed by atoms with Crippen molar-refractivity contribution in [1.82, 2.24) is 16.0 Å². The zero-order valence-corrected chi connectivity index (χ0v) is 10.9. The average molecular weight is 241 g/mol. The maximum atomic E-state index is 11.8. The van der Waals surface area contributed by atoms with Gasteiger partial charge >= 0.3 is 0 Å². The van der Waals surface area contributed by atoms with Crippen LogP contribution in [0.5, 0.6) is 0 Å². The van der Waals surface area contributed by atoms with Crippen molar-refractivity contribution in [2.24, 2.45) is 17.8 Å². The highest BCUT2D eigenvalue weighted by Crippen LogP contribution is 2.15. The summed E-state index contributed by atoms with van der Waals surface area (Å²) < 4.78 is 0. The van der Waals surface area contributed by atoms with Crippen LogP contribution < -0.4 is 16.0 Å². The first kappa shape index (κ1) is 14.0. The molecular weight excluding hydrogens is 218 g/mol. The summed E-state index contributed by atoms with van der Waals surface area (Å²) in [5, 5.41) is 8.82. The second kappa shape index (κ2) is 6.59. The molecule has 2 atom stereocenters. The van der Waals surface area contributed by atoms with E-state index < -0.39 is 0 Å². The summed E-state index contributed by atoms with van der Waals surface area (Å²) in [5.74, 6) is 0.553. The van der Waals surface area contributed by atoms with Gasteiger partial charge in [0, 0.05) is 25.6 Å². The van der Waals surface area contributed by atoms with E-state index in [4.69, 9.17) is 0 Å². The maximum Gasteiger partial charge on any atom is 0.224 e. The van der Waals surface area contributed by atoms with Crippen molar-refractivity contribution in [3.05, 3.63) is 0 Å². The number of carbonyl (C=O) groups is 2. The Morgan fingerprint density at radius 3 is 2.41 bits per heavy atom. The molecule has 0 spiro atoms. The molecule has 1 aliphatic rings. The minimum Gasteiger partial charge on any atom is -0.354 e. The number of carbonyl (C=O) groups excluding carboxylic acids is 2. The lowest BCUT2D eigenvalue weighted by molar-refractivity contribution is -0.126. The van der Waals surface area contributed by atoms with Crippen molar-refractivity contribution in [3.63, 3.8) is 0 Å². The van der Waals surface area contributed by atoms with E-state index in [2.05, 4.69) is 22.9 Å². The smallest absolute Gasteiger partial charge is 0.224 e. The average Bonchev–Trinajstić information content (AvgIpc) is 2.70. The van der Waals surface area contributed by atoms with Gasteiger partial charge in [-0.05, 0) is 12.5 Å². The largest absolute Gasteiger partial charge is 0.354 e. The molecule has 98 valence electrons. The van der Waals surface area contributed by atoms with E-state index >= 15 is 0 Å². The molecule has 2 amide bonds. The van der Waals surface area contributed by atoms with Gasteiger partial charge in [-0.2, -0.15) is 0 Å². The van der Waals surface area contributed by atoms with Gasteiger partial charge in [0.2, 0.25) is 11.8 Å². The topological polar surface area (TPSA) is 70.2 Å². The second-order valence-electron chi connectivity index (χ2n) is 4.98. The van der Waals surface area contributed by atoms with E-state index in [-0.39, 0.29) is 23.7 Å². The van der Waals surface area contributed by atoms with Gasteiger partial charge in [-0.1, -0.05) is 20.8 Å². The Morgan fingerprint density at radius 2 is 1.88 bits per heavy atom. The molecule has 0 aromatic carbocycles. The quantitative estimate of drug-likeness (QED) is 0.580. The Morgan fingerprint density at radius 1 is 1.24 bits per heavy atom. The molecule has 3 N–H and O–H groups in total. The summed E-state index contributed by atoms with van der Waals surface area (Å²) in [6.07, 6.45) is 0. The highest BCUT2D eigenvalue weighted by atomic mass is 16.2. The Balaban J connectivity index is 2.14. The molecule has 1 heterocycles. The number of hydrogen-bond acceptors (Lipinski definition) is 3. The van der Waals surface area contributed by atoms with Gasteiger partial charge in [-0.3, -0.25) is 9.59 Å². The minimum atomic E-state index is -0.00949. The fourth-order valence-corrected chi connectivity index (χ4v) is 1.87. The first-order chi connectivity index (χ1) is 8.02. The molecule has 0 aromatic heterocycles. The summed E-state index contributed by atoms with van der Waals surface area (Å²) in [4.78, 5) is 23.0. The predicted octanol–water partition coefficient (Wildman–Crippen LogP) is -0.270. The van der Waals surface area contributed by atoms with Gasteiger partial charge in [0.1, 0.15) is 0 Å². The monoisotopic (exact) mass is 241 g/mol. The van der Waals surface area contributed by atoms with E-state index in [1.165, 1.54) is 0 Å². The van der Waals surface area contributed by atoms with Gasteiger partial charge in [0.15, 0.2) is 0 Å². The van der Waals surface area contributed by atoms with Crippen LogP contribution in [0, 0.1) is 17.8 Å². The molecule has 0 unspecified atom stereocenters. The summed E-state index contributed by atoms with van der Waals surface area (Å²) in [6.45, 7) is 8.43. The molecule has 0 bridgehead atoms. The molecule has 0 aromatic rings. The zero-order valence-electron chi connectivity index (χ0n) is 10.9. The second-order valence-corrected chi connectivity index (χ2v) is 4.98. The van der Waals surface area contributed by atoms with Gasteiger partial charge < -0.3 is 16.0 Å². The predicted molar refractivity (Wildman–Crippen MR) is 66.4 cm³/mol. The molecular formula is C12H23N3O2. The molecule has 5 nitrogen and oxygen atoms in total. The van der Waals surface area contributed by atoms with Gasteiger partial charge in [-0.25, -0.2) is 0 Å². The van der Waals surface area contributed by atoms with Crippen LogP contribution in [0.15, 0.2) is 0 Å². The molecule has 17 heavy (non-hydrogen) atoms. The molecule has 1 fully saturated rings. The number of rotatable bonds is 5. The van der Waals surface area contributed by atoms with Crippen molar-refractivity contribution in [3.8, 4) is 0 Å². The molecule has 0 radical (unpaired) electrons. The first-order valence-electron chi connectivity index (χ1n) is 6.28. The maximum absolute atomic E-state index is 11.8. The molecule has 5 heteroatoms. The van der Waals surface area contributed by atoms with Crippen LogP contribution >= 0.6 is 0 Å². The summed E-state index contributed by atoms with van der Waals surface area (Å²) in [6, 6.07) is 0. The fraction of sp³-hybridized carbons (Fsp3) is 0.833. The van der Waals surface area contributed by atoms with Crippen molar-refractivity contribution in [1.29, 1.82) is 0 Å². The number of nitrogens with one attached hydrogen (secondary N) is 3. The van der Waals surface area contributed by atoms with Crippen molar-refractivity contribution < 1.29 is 9.59 Å². The highest BCUT2D eigenvalue weighted by molar-refractivity contribution is 5.80. The first-order valence-corrected chi connectivity index (χ1v) is 6.28. The van der Waals surface area contributed by atoms with Crippen LogP contribution in [0.3, 0.4) is 0 Å².